The average molecular weight is 233 g/mol. The molecule has 3 nitrogen and oxygen atoms in total. The van der Waals surface area contributed by atoms with Gasteiger partial charge in [-0.15, -0.1) is 0 Å². The Balaban J connectivity index is 2.08. The molecule has 0 atom stereocenters. The molecule has 1 aromatic heterocycles. The fourth-order valence-electron chi connectivity index (χ4n) is 2.11. The molecule has 1 aromatic rings. The first-order valence-corrected chi connectivity index (χ1v) is 6.54. The lowest BCUT2D eigenvalue weighted by Gasteiger charge is -2.31. The maximum atomic E-state index is 4.56. The zero-order valence-corrected chi connectivity index (χ0v) is 11.4. The Labute approximate surface area is 104 Å². The molecule has 17 heavy (non-hydrogen) atoms. The van der Waals surface area contributed by atoms with E-state index in [4.69, 9.17) is 0 Å². The van der Waals surface area contributed by atoms with Crippen LogP contribution in [-0.2, 0) is 5.41 Å². The summed E-state index contributed by atoms with van der Waals surface area (Å²) in [7, 11) is 0. The van der Waals surface area contributed by atoms with Gasteiger partial charge in [-0.2, -0.15) is 0 Å². The van der Waals surface area contributed by atoms with Gasteiger partial charge >= 0.3 is 0 Å². The summed E-state index contributed by atoms with van der Waals surface area (Å²) in [4.78, 5) is 11.4. The highest BCUT2D eigenvalue weighted by Crippen LogP contribution is 2.23. The summed E-state index contributed by atoms with van der Waals surface area (Å²) < 4.78 is 0. The van der Waals surface area contributed by atoms with Gasteiger partial charge in [0.05, 0.1) is 18.1 Å². The third-order valence-electron chi connectivity index (χ3n) is 3.51. The predicted molar refractivity (Wildman–Crippen MR) is 71.3 cm³/mol. The summed E-state index contributed by atoms with van der Waals surface area (Å²) in [6, 6.07) is 0. The van der Waals surface area contributed by atoms with Crippen LogP contribution in [0.3, 0.4) is 0 Å². The molecule has 2 rings (SSSR count). The van der Waals surface area contributed by atoms with Gasteiger partial charge in [-0.1, -0.05) is 27.7 Å². The molecule has 0 radical (unpaired) electrons. The monoisotopic (exact) mass is 233 g/mol. The van der Waals surface area contributed by atoms with E-state index in [-0.39, 0.29) is 5.41 Å². The van der Waals surface area contributed by atoms with Crippen LogP contribution in [0.15, 0.2) is 12.4 Å². The second-order valence-corrected chi connectivity index (χ2v) is 6.18. The molecule has 0 aliphatic carbocycles. The lowest BCUT2D eigenvalue weighted by Crippen LogP contribution is -2.33. The molecule has 0 aromatic carbocycles. The van der Waals surface area contributed by atoms with Crippen molar-refractivity contribution < 1.29 is 0 Å². The fourth-order valence-corrected chi connectivity index (χ4v) is 2.11. The molecule has 1 saturated heterocycles. The molecule has 2 heterocycles. The molecule has 1 aliphatic rings. The van der Waals surface area contributed by atoms with Gasteiger partial charge in [-0.3, -0.25) is 4.98 Å². The summed E-state index contributed by atoms with van der Waals surface area (Å²) in [6.07, 6.45) is 6.38. The molecule has 1 aliphatic heterocycles. The van der Waals surface area contributed by atoms with E-state index in [0.29, 0.717) is 0 Å². The van der Waals surface area contributed by atoms with Crippen molar-refractivity contribution in [3.8, 4) is 0 Å². The van der Waals surface area contributed by atoms with Crippen molar-refractivity contribution >= 4 is 5.82 Å². The average Bonchev–Trinajstić information content (AvgIpc) is 2.29. The van der Waals surface area contributed by atoms with Crippen molar-refractivity contribution in [3.05, 3.63) is 18.1 Å². The molecule has 0 unspecified atom stereocenters. The molecule has 0 amide bonds. The normalized spacial score (nSPS) is 18.5. The topological polar surface area (TPSA) is 29.0 Å². The molecule has 0 N–H and O–H groups in total. The van der Waals surface area contributed by atoms with E-state index in [9.17, 15) is 0 Å². The second kappa shape index (κ2) is 4.63. The van der Waals surface area contributed by atoms with Gasteiger partial charge in [0, 0.05) is 18.5 Å². The van der Waals surface area contributed by atoms with Crippen molar-refractivity contribution in [1.82, 2.24) is 9.97 Å². The minimum Gasteiger partial charge on any atom is -0.355 e. The van der Waals surface area contributed by atoms with Crippen LogP contribution in [0.25, 0.3) is 0 Å². The lowest BCUT2D eigenvalue weighted by atomic mass is 9.93. The van der Waals surface area contributed by atoms with Gasteiger partial charge in [-0.25, -0.2) is 4.98 Å². The van der Waals surface area contributed by atoms with Crippen LogP contribution in [0.2, 0.25) is 0 Å². The Hall–Kier alpha value is -1.12. The van der Waals surface area contributed by atoms with Crippen LogP contribution in [0.4, 0.5) is 5.82 Å². The second-order valence-electron chi connectivity index (χ2n) is 6.18. The number of hydrogen-bond acceptors (Lipinski definition) is 3. The van der Waals surface area contributed by atoms with Crippen molar-refractivity contribution in [2.24, 2.45) is 5.92 Å². The van der Waals surface area contributed by atoms with E-state index >= 15 is 0 Å². The van der Waals surface area contributed by atoms with Gasteiger partial charge in [0.15, 0.2) is 0 Å². The molecule has 94 valence electrons. The Morgan fingerprint density at radius 3 is 2.24 bits per heavy atom. The van der Waals surface area contributed by atoms with Gasteiger partial charge in [0.25, 0.3) is 0 Å². The number of piperidine rings is 1. The minimum absolute atomic E-state index is 0.0853. The van der Waals surface area contributed by atoms with E-state index in [0.717, 1.165) is 30.5 Å². The SMILES string of the molecule is CC1CCN(c2cnc(C(C)(C)C)cn2)CC1. The van der Waals surface area contributed by atoms with E-state index in [2.05, 4.69) is 42.6 Å². The molecule has 0 bridgehead atoms. The van der Waals surface area contributed by atoms with Crippen molar-refractivity contribution in [3.63, 3.8) is 0 Å². The first kappa shape index (κ1) is 12.3. The first-order chi connectivity index (χ1) is 7.97. The quantitative estimate of drug-likeness (QED) is 0.746. The van der Waals surface area contributed by atoms with Gasteiger partial charge in [0.2, 0.25) is 0 Å². The van der Waals surface area contributed by atoms with Gasteiger partial charge < -0.3 is 4.90 Å². The smallest absolute Gasteiger partial charge is 0.147 e. The molecule has 0 saturated carbocycles. The maximum Gasteiger partial charge on any atom is 0.147 e. The Morgan fingerprint density at radius 2 is 1.76 bits per heavy atom. The van der Waals surface area contributed by atoms with Crippen LogP contribution in [0.5, 0.6) is 0 Å². The zero-order valence-electron chi connectivity index (χ0n) is 11.4. The van der Waals surface area contributed by atoms with E-state index in [1.54, 1.807) is 0 Å². The third kappa shape index (κ3) is 2.96. The molecule has 1 fully saturated rings. The highest BCUT2D eigenvalue weighted by molar-refractivity contribution is 5.36. The number of hydrogen-bond donors (Lipinski definition) is 0. The van der Waals surface area contributed by atoms with Crippen molar-refractivity contribution in [2.45, 2.75) is 46.0 Å². The molecular formula is C14H23N3. The number of rotatable bonds is 1. The highest BCUT2D eigenvalue weighted by Gasteiger charge is 2.19. The summed E-state index contributed by atoms with van der Waals surface area (Å²) in [5.74, 6) is 1.89. The van der Waals surface area contributed by atoms with E-state index < -0.39 is 0 Å². The highest BCUT2D eigenvalue weighted by atomic mass is 15.2. The fraction of sp³-hybridized carbons (Fsp3) is 0.714. The van der Waals surface area contributed by atoms with E-state index in [1.165, 1.54) is 12.8 Å². The van der Waals surface area contributed by atoms with Crippen LogP contribution >= 0.6 is 0 Å². The Kier molecular flexibility index (Phi) is 3.36. The van der Waals surface area contributed by atoms with Crippen molar-refractivity contribution in [2.75, 3.05) is 18.0 Å². The third-order valence-corrected chi connectivity index (χ3v) is 3.51. The molecule has 3 heteroatoms. The molecule has 0 spiro atoms. The van der Waals surface area contributed by atoms with Gasteiger partial charge in [-0.05, 0) is 18.8 Å². The number of nitrogens with zero attached hydrogens (tertiary/aromatic N) is 3. The number of anilines is 1. The van der Waals surface area contributed by atoms with Crippen LogP contribution in [-0.4, -0.2) is 23.1 Å². The maximum absolute atomic E-state index is 4.56. The van der Waals surface area contributed by atoms with Crippen LogP contribution in [0, 0.1) is 5.92 Å². The summed E-state index contributed by atoms with van der Waals surface area (Å²) in [6.45, 7) is 11.1. The summed E-state index contributed by atoms with van der Waals surface area (Å²) >= 11 is 0. The van der Waals surface area contributed by atoms with E-state index in [1.807, 2.05) is 12.4 Å². The zero-order chi connectivity index (χ0) is 12.5. The standard InChI is InChI=1S/C14H23N3/c1-11-5-7-17(8-6-11)13-10-15-12(9-16-13)14(2,3)4/h9-11H,5-8H2,1-4H3. The lowest BCUT2D eigenvalue weighted by molar-refractivity contribution is 0.436. The minimum atomic E-state index is 0.0853. The summed E-state index contributed by atoms with van der Waals surface area (Å²) in [5, 5.41) is 0. The van der Waals surface area contributed by atoms with Gasteiger partial charge in [0.1, 0.15) is 5.82 Å². The first-order valence-electron chi connectivity index (χ1n) is 6.54. The molecular weight excluding hydrogens is 210 g/mol. The van der Waals surface area contributed by atoms with Crippen LogP contribution in [0.1, 0.15) is 46.2 Å². The Morgan fingerprint density at radius 1 is 1.12 bits per heavy atom. The largest absolute Gasteiger partial charge is 0.355 e. The Bertz CT molecular complexity index is 356. The number of aromatic nitrogens is 2. The predicted octanol–water partition coefficient (Wildman–Crippen LogP) is 3.01. The van der Waals surface area contributed by atoms with Crippen molar-refractivity contribution in [1.29, 1.82) is 0 Å². The van der Waals surface area contributed by atoms with Crippen LogP contribution < -0.4 is 4.90 Å². The summed E-state index contributed by atoms with van der Waals surface area (Å²) in [5.41, 5.74) is 1.15.